The average Bonchev–Trinajstić information content (AvgIpc) is 2.95. The molecule has 0 radical (unpaired) electrons. The van der Waals surface area contributed by atoms with Gasteiger partial charge in [0.1, 0.15) is 11.5 Å². The molecule has 7 heteroatoms. The van der Waals surface area contributed by atoms with Crippen LogP contribution in [0.3, 0.4) is 0 Å². The molecule has 1 atom stereocenters. The SMILES string of the molecule is C/C=C(\C(=C/CC)OC)N1CCN(CC(O)CCNC(=O)C2CCC(CC)(CC(=O)C(C)C)CC2)CC1.CC. The van der Waals surface area contributed by atoms with E-state index in [1.165, 1.54) is 0 Å². The number of ketones is 1. The third-order valence-corrected chi connectivity index (χ3v) is 8.45. The molecule has 1 amide bonds. The number of carbonyl (C=O) groups excluding carboxylic acids is 2. The van der Waals surface area contributed by atoms with Gasteiger partial charge in [-0.2, -0.15) is 0 Å². The number of nitrogens with one attached hydrogen (secondary N) is 1. The first-order chi connectivity index (χ1) is 18.7. The van der Waals surface area contributed by atoms with E-state index in [0.29, 0.717) is 31.7 Å². The monoisotopic (exact) mass is 549 g/mol. The third kappa shape index (κ3) is 11.3. The Bertz CT molecular complexity index is 776. The lowest BCUT2D eigenvalue weighted by Crippen LogP contribution is -2.48. The second-order valence-corrected chi connectivity index (χ2v) is 11.3. The standard InChI is InChI=1S/C30H53N3O4.C2H6/c1-7-10-28(37-6)26(8-2)33-19-17-32(18-20-33)22-25(34)13-16-31-29(36)24-11-14-30(9-3,15-12-24)21-27(35)23(4)5;1-2/h8,10,23-25,34H,7,9,11-22H2,1-6H3,(H,31,36);1-2H3/b26-8+,28-10+;. The molecule has 0 aromatic carbocycles. The fourth-order valence-electron chi connectivity index (χ4n) is 5.75. The number of nitrogens with zero attached hydrogens (tertiary/aromatic N) is 2. The van der Waals surface area contributed by atoms with Gasteiger partial charge in [0.15, 0.2) is 0 Å². The molecule has 2 rings (SSSR count). The highest BCUT2D eigenvalue weighted by atomic mass is 16.5. The van der Waals surface area contributed by atoms with Crippen molar-refractivity contribution in [2.45, 2.75) is 106 Å². The zero-order chi connectivity index (χ0) is 29.4. The number of β-amino-alcohol motifs (C(OH)–C–C–N with tert-alkyl or cyclic N) is 1. The summed E-state index contributed by atoms with van der Waals surface area (Å²) in [6.45, 7) is 19.0. The number of rotatable bonds is 14. The highest BCUT2D eigenvalue weighted by Crippen LogP contribution is 2.44. The molecule has 0 aromatic rings. The van der Waals surface area contributed by atoms with Gasteiger partial charge in [-0.1, -0.05) is 54.0 Å². The predicted octanol–water partition coefficient (Wildman–Crippen LogP) is 5.54. The van der Waals surface area contributed by atoms with Crippen molar-refractivity contribution in [3.63, 3.8) is 0 Å². The molecule has 1 aliphatic carbocycles. The number of methoxy groups -OCH3 is 1. The molecule has 0 bridgehead atoms. The summed E-state index contributed by atoms with van der Waals surface area (Å²) in [4.78, 5) is 29.8. The van der Waals surface area contributed by atoms with Crippen LogP contribution in [0.15, 0.2) is 23.6 Å². The second-order valence-electron chi connectivity index (χ2n) is 11.3. The Kier molecular flexibility index (Phi) is 16.7. The molecule has 1 saturated heterocycles. The van der Waals surface area contributed by atoms with Crippen molar-refractivity contribution in [3.05, 3.63) is 23.6 Å². The Morgan fingerprint density at radius 3 is 2.21 bits per heavy atom. The molecule has 2 fully saturated rings. The molecule has 2 N–H and O–H groups in total. The van der Waals surface area contributed by atoms with Crippen molar-refractivity contribution in [2.24, 2.45) is 17.3 Å². The van der Waals surface area contributed by atoms with Crippen LogP contribution in [0.25, 0.3) is 0 Å². The number of aliphatic hydroxyl groups is 1. The number of ether oxygens (including phenoxy) is 1. The summed E-state index contributed by atoms with van der Waals surface area (Å²) in [6.07, 6.45) is 10.5. The molecule has 226 valence electrons. The second kappa shape index (κ2) is 18.5. The summed E-state index contributed by atoms with van der Waals surface area (Å²) in [5.74, 6) is 1.48. The van der Waals surface area contributed by atoms with Gasteiger partial charge in [0.05, 0.1) is 18.9 Å². The van der Waals surface area contributed by atoms with Crippen molar-refractivity contribution in [1.82, 2.24) is 15.1 Å². The van der Waals surface area contributed by atoms with Crippen molar-refractivity contribution in [1.29, 1.82) is 0 Å². The van der Waals surface area contributed by atoms with Gasteiger partial charge in [0.25, 0.3) is 0 Å². The van der Waals surface area contributed by atoms with Gasteiger partial charge in [0.2, 0.25) is 5.91 Å². The maximum Gasteiger partial charge on any atom is 0.223 e. The predicted molar refractivity (Wildman–Crippen MR) is 161 cm³/mol. The molecule has 7 nitrogen and oxygen atoms in total. The minimum absolute atomic E-state index is 0.0265. The molecule has 0 spiro atoms. The number of hydrogen-bond acceptors (Lipinski definition) is 6. The summed E-state index contributed by atoms with van der Waals surface area (Å²) >= 11 is 0. The number of allylic oxidation sites excluding steroid dienone is 2. The molecule has 1 saturated carbocycles. The third-order valence-electron chi connectivity index (χ3n) is 8.45. The maximum absolute atomic E-state index is 12.8. The lowest BCUT2D eigenvalue weighted by atomic mass is 9.65. The number of carbonyl (C=O) groups is 2. The quantitative estimate of drug-likeness (QED) is 0.219. The van der Waals surface area contributed by atoms with E-state index in [-0.39, 0.29) is 23.2 Å². The fourth-order valence-corrected chi connectivity index (χ4v) is 5.75. The van der Waals surface area contributed by atoms with Gasteiger partial charge in [-0.15, -0.1) is 0 Å². The van der Waals surface area contributed by atoms with Gasteiger partial charge in [-0.3, -0.25) is 14.5 Å². The van der Waals surface area contributed by atoms with E-state index in [1.54, 1.807) is 7.11 Å². The van der Waals surface area contributed by atoms with E-state index < -0.39 is 6.10 Å². The van der Waals surface area contributed by atoms with Gasteiger partial charge in [-0.25, -0.2) is 0 Å². The molecule has 1 heterocycles. The van der Waals surface area contributed by atoms with Crippen LogP contribution < -0.4 is 5.32 Å². The summed E-state index contributed by atoms with van der Waals surface area (Å²) in [5, 5.41) is 13.7. The zero-order valence-corrected chi connectivity index (χ0v) is 26.4. The maximum atomic E-state index is 12.8. The first-order valence-electron chi connectivity index (χ1n) is 15.5. The average molecular weight is 550 g/mol. The van der Waals surface area contributed by atoms with Gasteiger partial charge in [0, 0.05) is 57.5 Å². The van der Waals surface area contributed by atoms with Gasteiger partial charge >= 0.3 is 0 Å². The van der Waals surface area contributed by atoms with E-state index in [1.807, 2.05) is 34.6 Å². The highest BCUT2D eigenvalue weighted by molar-refractivity contribution is 5.81. The number of aliphatic hydroxyl groups excluding tert-OH is 1. The highest BCUT2D eigenvalue weighted by Gasteiger charge is 2.38. The summed E-state index contributed by atoms with van der Waals surface area (Å²) in [5.41, 5.74) is 1.21. The van der Waals surface area contributed by atoms with Crippen molar-refractivity contribution >= 4 is 11.7 Å². The Balaban J connectivity index is 0.00000371. The van der Waals surface area contributed by atoms with Crippen LogP contribution in [0.1, 0.15) is 99.8 Å². The molecule has 1 unspecified atom stereocenters. The van der Waals surface area contributed by atoms with E-state index in [9.17, 15) is 14.7 Å². The molecule has 39 heavy (non-hydrogen) atoms. The van der Waals surface area contributed by atoms with E-state index in [4.69, 9.17) is 4.74 Å². The van der Waals surface area contributed by atoms with E-state index in [0.717, 1.165) is 76.2 Å². The summed E-state index contributed by atoms with van der Waals surface area (Å²) in [7, 11) is 1.72. The van der Waals surface area contributed by atoms with Gasteiger partial charge in [-0.05, 0) is 56.9 Å². The van der Waals surface area contributed by atoms with Crippen LogP contribution in [0.2, 0.25) is 0 Å². The van der Waals surface area contributed by atoms with Crippen molar-refractivity contribution in [3.8, 4) is 0 Å². The molecule has 2 aliphatic rings. The summed E-state index contributed by atoms with van der Waals surface area (Å²) < 4.78 is 5.58. The normalized spacial score (nSPS) is 23.6. The number of piperazine rings is 1. The van der Waals surface area contributed by atoms with Crippen LogP contribution >= 0.6 is 0 Å². The first kappa shape index (κ1) is 35.2. The molecule has 1 aliphatic heterocycles. The molecular formula is C32H59N3O4. The van der Waals surface area contributed by atoms with Gasteiger partial charge < -0.3 is 20.1 Å². The Hall–Kier alpha value is -1.86. The largest absolute Gasteiger partial charge is 0.495 e. The van der Waals surface area contributed by atoms with E-state index in [2.05, 4.69) is 41.1 Å². The number of hydrogen-bond donors (Lipinski definition) is 2. The molecule has 0 aromatic heterocycles. The van der Waals surface area contributed by atoms with Crippen LogP contribution in [0.4, 0.5) is 0 Å². The van der Waals surface area contributed by atoms with Crippen LogP contribution in [0.5, 0.6) is 0 Å². The Morgan fingerprint density at radius 2 is 1.72 bits per heavy atom. The lowest BCUT2D eigenvalue weighted by molar-refractivity contribution is -0.128. The topological polar surface area (TPSA) is 82.1 Å². The van der Waals surface area contributed by atoms with Crippen LogP contribution in [-0.4, -0.2) is 79.1 Å². The zero-order valence-electron chi connectivity index (χ0n) is 26.4. The first-order valence-corrected chi connectivity index (χ1v) is 15.5. The fraction of sp³-hybridized carbons (Fsp3) is 0.812. The smallest absolute Gasteiger partial charge is 0.223 e. The number of Topliss-reactive ketones (excluding diaryl/α,β-unsaturated/α-hetero) is 1. The minimum Gasteiger partial charge on any atom is -0.495 e. The minimum atomic E-state index is -0.455. The Labute approximate surface area is 239 Å². The lowest BCUT2D eigenvalue weighted by Gasteiger charge is -2.39. The summed E-state index contributed by atoms with van der Waals surface area (Å²) in [6, 6.07) is 0. The van der Waals surface area contributed by atoms with Crippen LogP contribution in [-0.2, 0) is 14.3 Å². The van der Waals surface area contributed by atoms with E-state index >= 15 is 0 Å². The van der Waals surface area contributed by atoms with Crippen LogP contribution in [0, 0.1) is 17.3 Å². The number of amides is 1. The van der Waals surface area contributed by atoms with Crippen molar-refractivity contribution in [2.75, 3.05) is 46.4 Å². The Morgan fingerprint density at radius 1 is 1.10 bits per heavy atom. The molecular weight excluding hydrogens is 490 g/mol. The van der Waals surface area contributed by atoms with Crippen molar-refractivity contribution < 1.29 is 19.4 Å².